The third kappa shape index (κ3) is 3.79. The zero-order valence-corrected chi connectivity index (χ0v) is 11.5. The number of anilines is 1. The number of carbonyl (C=O) groups is 2. The van der Waals surface area contributed by atoms with E-state index >= 15 is 0 Å². The van der Waals surface area contributed by atoms with Gasteiger partial charge in [0.2, 0.25) is 0 Å². The molecule has 2 unspecified atom stereocenters. The van der Waals surface area contributed by atoms with Gasteiger partial charge in [-0.25, -0.2) is 4.39 Å². The van der Waals surface area contributed by atoms with Crippen LogP contribution in [0.3, 0.4) is 0 Å². The van der Waals surface area contributed by atoms with Crippen LogP contribution in [0.1, 0.15) is 32.6 Å². The van der Waals surface area contributed by atoms with Crippen molar-refractivity contribution >= 4 is 17.5 Å². The van der Waals surface area contributed by atoms with Crippen LogP contribution in [0.5, 0.6) is 0 Å². The molecule has 2 rings (SSSR count). The Bertz CT molecular complexity index is 504. The molecule has 20 heavy (non-hydrogen) atoms. The van der Waals surface area contributed by atoms with E-state index in [0.29, 0.717) is 5.92 Å². The Morgan fingerprint density at radius 2 is 1.95 bits per heavy atom. The van der Waals surface area contributed by atoms with Gasteiger partial charge >= 0.3 is 11.8 Å². The SMILES string of the molecule is CC1CCCCC1NC(=O)C(=O)Nc1cccc(F)c1. The molecule has 0 spiro atoms. The summed E-state index contributed by atoms with van der Waals surface area (Å²) in [6, 6.07) is 5.52. The zero-order chi connectivity index (χ0) is 14.5. The highest BCUT2D eigenvalue weighted by atomic mass is 19.1. The Balaban J connectivity index is 1.90. The molecule has 1 saturated carbocycles. The fourth-order valence-electron chi connectivity index (χ4n) is 2.52. The second-order valence-corrected chi connectivity index (χ2v) is 5.31. The Labute approximate surface area is 117 Å². The standard InChI is InChI=1S/C15H19FN2O2/c1-10-5-2-3-8-13(10)18-15(20)14(19)17-12-7-4-6-11(16)9-12/h4,6-7,9-10,13H,2-3,5,8H2,1H3,(H,17,19)(H,18,20). The van der Waals surface area contributed by atoms with Crippen LogP contribution in [-0.2, 0) is 9.59 Å². The van der Waals surface area contributed by atoms with Crippen LogP contribution in [0.15, 0.2) is 24.3 Å². The van der Waals surface area contributed by atoms with E-state index in [4.69, 9.17) is 0 Å². The zero-order valence-electron chi connectivity index (χ0n) is 11.5. The molecule has 0 radical (unpaired) electrons. The minimum atomic E-state index is -0.756. The van der Waals surface area contributed by atoms with Crippen molar-refractivity contribution in [1.82, 2.24) is 5.32 Å². The Morgan fingerprint density at radius 1 is 1.20 bits per heavy atom. The first kappa shape index (κ1) is 14.5. The molecule has 0 heterocycles. The second-order valence-electron chi connectivity index (χ2n) is 5.31. The van der Waals surface area contributed by atoms with Crippen LogP contribution in [0.25, 0.3) is 0 Å². The predicted molar refractivity (Wildman–Crippen MR) is 74.6 cm³/mol. The van der Waals surface area contributed by atoms with Gasteiger partial charge in [-0.2, -0.15) is 0 Å². The average molecular weight is 278 g/mol. The summed E-state index contributed by atoms with van der Waals surface area (Å²) in [4.78, 5) is 23.6. The average Bonchev–Trinajstić information content (AvgIpc) is 2.41. The first-order valence-electron chi connectivity index (χ1n) is 6.93. The van der Waals surface area contributed by atoms with Gasteiger partial charge in [0.05, 0.1) is 0 Å². The molecule has 1 aliphatic carbocycles. The number of hydrogen-bond acceptors (Lipinski definition) is 2. The van der Waals surface area contributed by atoms with Gasteiger partial charge in [0, 0.05) is 11.7 Å². The molecule has 1 fully saturated rings. The molecule has 108 valence electrons. The van der Waals surface area contributed by atoms with Gasteiger partial charge in [-0.15, -0.1) is 0 Å². The minimum Gasteiger partial charge on any atom is -0.345 e. The summed E-state index contributed by atoms with van der Waals surface area (Å²) in [5.74, 6) is -1.49. The van der Waals surface area contributed by atoms with Crippen LogP contribution in [0, 0.1) is 11.7 Å². The van der Waals surface area contributed by atoms with Crippen LogP contribution in [0.4, 0.5) is 10.1 Å². The van der Waals surface area contributed by atoms with Gasteiger partial charge < -0.3 is 10.6 Å². The van der Waals surface area contributed by atoms with E-state index in [1.165, 1.54) is 30.7 Å². The van der Waals surface area contributed by atoms with E-state index in [1.807, 2.05) is 0 Å². The molecule has 0 aliphatic heterocycles. The summed E-state index contributed by atoms with van der Waals surface area (Å²) in [7, 11) is 0. The van der Waals surface area contributed by atoms with Crippen molar-refractivity contribution in [3.8, 4) is 0 Å². The maximum atomic E-state index is 13.0. The maximum absolute atomic E-state index is 13.0. The van der Waals surface area contributed by atoms with Gasteiger partial charge in [-0.05, 0) is 37.0 Å². The van der Waals surface area contributed by atoms with Crippen LogP contribution in [0.2, 0.25) is 0 Å². The highest BCUT2D eigenvalue weighted by molar-refractivity contribution is 6.39. The molecular weight excluding hydrogens is 259 g/mol. The molecule has 2 N–H and O–H groups in total. The summed E-state index contributed by atoms with van der Waals surface area (Å²) in [6.07, 6.45) is 4.21. The van der Waals surface area contributed by atoms with Gasteiger partial charge in [0.15, 0.2) is 0 Å². The highest BCUT2D eigenvalue weighted by Gasteiger charge is 2.25. The topological polar surface area (TPSA) is 58.2 Å². The number of carbonyl (C=O) groups excluding carboxylic acids is 2. The van der Waals surface area contributed by atoms with E-state index in [2.05, 4.69) is 17.6 Å². The van der Waals surface area contributed by atoms with Crippen molar-refractivity contribution in [2.24, 2.45) is 5.92 Å². The van der Waals surface area contributed by atoms with Crippen LogP contribution < -0.4 is 10.6 Å². The lowest BCUT2D eigenvalue weighted by molar-refractivity contribution is -0.137. The van der Waals surface area contributed by atoms with Crippen molar-refractivity contribution < 1.29 is 14.0 Å². The molecule has 0 aromatic heterocycles. The summed E-state index contributed by atoms with van der Waals surface area (Å²) in [5.41, 5.74) is 0.279. The Kier molecular flexibility index (Phi) is 4.71. The molecule has 2 atom stereocenters. The lowest BCUT2D eigenvalue weighted by atomic mass is 9.86. The Hall–Kier alpha value is -1.91. The largest absolute Gasteiger partial charge is 0.345 e. The number of benzene rings is 1. The van der Waals surface area contributed by atoms with Crippen LogP contribution >= 0.6 is 0 Å². The van der Waals surface area contributed by atoms with Gasteiger partial charge in [0.25, 0.3) is 0 Å². The van der Waals surface area contributed by atoms with E-state index in [9.17, 15) is 14.0 Å². The van der Waals surface area contributed by atoms with Crippen molar-refractivity contribution in [3.05, 3.63) is 30.1 Å². The molecule has 0 saturated heterocycles. The number of amides is 2. The van der Waals surface area contributed by atoms with Crippen molar-refractivity contribution in [2.45, 2.75) is 38.6 Å². The molecule has 1 aromatic carbocycles. The summed E-state index contributed by atoms with van der Waals surface area (Å²) in [6.45, 7) is 2.08. The molecular formula is C15H19FN2O2. The monoisotopic (exact) mass is 278 g/mol. The lowest BCUT2D eigenvalue weighted by Gasteiger charge is -2.29. The molecule has 0 bridgehead atoms. The van der Waals surface area contributed by atoms with E-state index in [-0.39, 0.29) is 11.7 Å². The number of hydrogen-bond donors (Lipinski definition) is 2. The molecule has 1 aliphatic rings. The van der Waals surface area contributed by atoms with E-state index < -0.39 is 17.6 Å². The third-order valence-corrected chi connectivity index (χ3v) is 3.72. The molecule has 2 amide bonds. The van der Waals surface area contributed by atoms with Gasteiger partial charge in [-0.3, -0.25) is 9.59 Å². The minimum absolute atomic E-state index is 0.0505. The van der Waals surface area contributed by atoms with Gasteiger partial charge in [0.1, 0.15) is 5.82 Å². The molecule has 4 nitrogen and oxygen atoms in total. The van der Waals surface area contributed by atoms with Crippen molar-refractivity contribution in [2.75, 3.05) is 5.32 Å². The lowest BCUT2D eigenvalue weighted by Crippen LogP contribution is -2.45. The smallest absolute Gasteiger partial charge is 0.313 e. The van der Waals surface area contributed by atoms with Crippen molar-refractivity contribution in [3.63, 3.8) is 0 Å². The second kappa shape index (κ2) is 6.50. The first-order chi connectivity index (χ1) is 9.56. The molecule has 5 heteroatoms. The third-order valence-electron chi connectivity index (χ3n) is 3.72. The van der Waals surface area contributed by atoms with E-state index in [0.717, 1.165) is 19.3 Å². The maximum Gasteiger partial charge on any atom is 0.313 e. The summed E-state index contributed by atoms with van der Waals surface area (Å²) < 4.78 is 13.0. The normalized spacial score (nSPS) is 22.1. The predicted octanol–water partition coefficient (Wildman–Crippen LogP) is 2.46. The summed E-state index contributed by atoms with van der Waals surface area (Å²) >= 11 is 0. The number of halogens is 1. The Morgan fingerprint density at radius 3 is 2.65 bits per heavy atom. The highest BCUT2D eigenvalue weighted by Crippen LogP contribution is 2.23. The fraction of sp³-hybridized carbons (Fsp3) is 0.467. The van der Waals surface area contributed by atoms with Crippen molar-refractivity contribution in [1.29, 1.82) is 0 Å². The van der Waals surface area contributed by atoms with Gasteiger partial charge in [-0.1, -0.05) is 25.8 Å². The molecule has 1 aromatic rings. The van der Waals surface area contributed by atoms with E-state index in [1.54, 1.807) is 0 Å². The van der Waals surface area contributed by atoms with Crippen LogP contribution in [-0.4, -0.2) is 17.9 Å². The summed E-state index contributed by atoms with van der Waals surface area (Å²) in [5, 5.41) is 5.15. The number of nitrogens with one attached hydrogen (secondary N) is 2. The number of rotatable bonds is 2. The fourth-order valence-corrected chi connectivity index (χ4v) is 2.52. The quantitative estimate of drug-likeness (QED) is 0.816. The first-order valence-corrected chi connectivity index (χ1v) is 6.93.